The first-order chi connectivity index (χ1) is 15.6. The molecular weight excluding hydrogens is 404 g/mol. The fourth-order valence-corrected chi connectivity index (χ4v) is 4.09. The molecule has 1 fully saturated rings. The average Bonchev–Trinajstić information content (AvgIpc) is 3.21. The van der Waals surface area contributed by atoms with Crippen LogP contribution in [0.3, 0.4) is 0 Å². The lowest BCUT2D eigenvalue weighted by atomic mass is 10.1. The minimum Gasteiger partial charge on any atom is -0.486 e. The van der Waals surface area contributed by atoms with Gasteiger partial charge in [0.1, 0.15) is 13.2 Å². The predicted molar refractivity (Wildman–Crippen MR) is 125 cm³/mol. The molecule has 2 aromatic carbocycles. The van der Waals surface area contributed by atoms with Crippen molar-refractivity contribution >= 4 is 11.9 Å². The van der Waals surface area contributed by atoms with Crippen molar-refractivity contribution in [3.8, 4) is 11.5 Å². The summed E-state index contributed by atoms with van der Waals surface area (Å²) in [6, 6.07) is 14.4. The van der Waals surface area contributed by atoms with Crippen molar-refractivity contribution in [2.75, 3.05) is 33.4 Å². The second-order valence-electron chi connectivity index (χ2n) is 8.24. The van der Waals surface area contributed by atoms with Gasteiger partial charge in [-0.1, -0.05) is 30.3 Å². The summed E-state index contributed by atoms with van der Waals surface area (Å²) in [7, 11) is 2.04. The van der Waals surface area contributed by atoms with Gasteiger partial charge in [-0.2, -0.15) is 0 Å². The van der Waals surface area contributed by atoms with E-state index < -0.39 is 0 Å². The molecule has 0 saturated carbocycles. The van der Waals surface area contributed by atoms with Gasteiger partial charge in [0.2, 0.25) is 5.91 Å². The number of nitrogens with zero attached hydrogens (tertiary/aromatic N) is 3. The first-order valence-electron chi connectivity index (χ1n) is 11.4. The number of carbonyl (C=O) groups is 1. The predicted octanol–water partition coefficient (Wildman–Crippen LogP) is 3.18. The number of rotatable bonds is 7. The third kappa shape index (κ3) is 5.52. The maximum Gasteiger partial charge on any atom is 0.222 e. The highest BCUT2D eigenvalue weighted by molar-refractivity contribution is 5.79. The van der Waals surface area contributed by atoms with Gasteiger partial charge in [-0.05, 0) is 42.2 Å². The normalized spacial score (nSPS) is 15.8. The quantitative estimate of drug-likeness (QED) is 0.533. The highest BCUT2D eigenvalue weighted by Gasteiger charge is 2.20. The van der Waals surface area contributed by atoms with E-state index in [4.69, 9.17) is 14.5 Å². The highest BCUT2D eigenvalue weighted by atomic mass is 16.6. The third-order valence-corrected chi connectivity index (χ3v) is 5.67. The van der Waals surface area contributed by atoms with E-state index in [1.54, 1.807) is 0 Å². The Labute approximate surface area is 190 Å². The number of carbonyl (C=O) groups excluding carboxylic acids is 1. The van der Waals surface area contributed by atoms with E-state index in [9.17, 15) is 4.79 Å². The Hall–Kier alpha value is -3.22. The maximum atomic E-state index is 11.9. The number of benzene rings is 2. The van der Waals surface area contributed by atoms with Crippen molar-refractivity contribution in [1.29, 1.82) is 0 Å². The molecule has 4 rings (SSSR count). The lowest BCUT2D eigenvalue weighted by Crippen LogP contribution is -2.38. The second kappa shape index (κ2) is 10.4. The van der Waals surface area contributed by atoms with Crippen molar-refractivity contribution in [2.45, 2.75) is 39.4 Å². The SMILES string of the molecule is CCNC(=NCc1cccc(CN2CCCC2=O)c1)N(C)Cc1ccc2c(c1)OCCO2. The summed E-state index contributed by atoms with van der Waals surface area (Å²) >= 11 is 0. The van der Waals surface area contributed by atoms with Crippen LogP contribution >= 0.6 is 0 Å². The minimum absolute atomic E-state index is 0.253. The average molecular weight is 437 g/mol. The van der Waals surface area contributed by atoms with E-state index in [2.05, 4.69) is 41.4 Å². The Kier molecular flexibility index (Phi) is 7.14. The molecule has 0 aromatic heterocycles. The summed E-state index contributed by atoms with van der Waals surface area (Å²) in [4.78, 5) is 20.8. The Bertz CT molecular complexity index is 975. The molecular formula is C25H32N4O3. The van der Waals surface area contributed by atoms with Crippen LogP contribution < -0.4 is 14.8 Å². The van der Waals surface area contributed by atoms with E-state index in [1.807, 2.05) is 30.1 Å². The second-order valence-corrected chi connectivity index (χ2v) is 8.24. The van der Waals surface area contributed by atoms with Crippen LogP contribution in [0.25, 0.3) is 0 Å². The number of likely N-dealkylation sites (tertiary alicyclic amines) is 1. The number of guanidine groups is 1. The molecule has 7 heteroatoms. The van der Waals surface area contributed by atoms with Gasteiger partial charge in [0.15, 0.2) is 17.5 Å². The van der Waals surface area contributed by atoms with Crippen molar-refractivity contribution in [3.05, 3.63) is 59.2 Å². The molecule has 0 radical (unpaired) electrons. The van der Waals surface area contributed by atoms with E-state index >= 15 is 0 Å². The zero-order valence-corrected chi connectivity index (χ0v) is 19.0. The van der Waals surface area contributed by atoms with Crippen molar-refractivity contribution in [2.24, 2.45) is 4.99 Å². The largest absolute Gasteiger partial charge is 0.486 e. The minimum atomic E-state index is 0.253. The third-order valence-electron chi connectivity index (χ3n) is 5.67. The van der Waals surface area contributed by atoms with Crippen LogP contribution in [0.1, 0.15) is 36.5 Å². The highest BCUT2D eigenvalue weighted by Crippen LogP contribution is 2.31. The molecule has 2 aromatic rings. The smallest absolute Gasteiger partial charge is 0.222 e. The lowest BCUT2D eigenvalue weighted by molar-refractivity contribution is -0.128. The fourth-order valence-electron chi connectivity index (χ4n) is 4.09. The summed E-state index contributed by atoms with van der Waals surface area (Å²) in [6.07, 6.45) is 1.64. The lowest BCUT2D eigenvalue weighted by Gasteiger charge is -2.24. The van der Waals surface area contributed by atoms with Gasteiger partial charge in [0, 0.05) is 39.6 Å². The van der Waals surface area contributed by atoms with Crippen molar-refractivity contribution in [1.82, 2.24) is 15.1 Å². The molecule has 7 nitrogen and oxygen atoms in total. The molecule has 0 unspecified atom stereocenters. The Morgan fingerprint density at radius 1 is 1.09 bits per heavy atom. The van der Waals surface area contributed by atoms with E-state index in [0.29, 0.717) is 39.3 Å². The molecule has 0 bridgehead atoms. The number of ether oxygens (including phenoxy) is 2. The Morgan fingerprint density at radius 3 is 2.69 bits per heavy atom. The first kappa shape index (κ1) is 22.0. The molecule has 170 valence electrons. The van der Waals surface area contributed by atoms with Crippen LogP contribution in [0.4, 0.5) is 0 Å². The Balaban J connectivity index is 1.41. The number of fused-ring (bicyclic) bond motifs is 1. The van der Waals surface area contributed by atoms with E-state index in [1.165, 1.54) is 0 Å². The molecule has 1 saturated heterocycles. The van der Waals surface area contributed by atoms with Crippen LogP contribution in [0.15, 0.2) is 47.5 Å². The number of hydrogen-bond donors (Lipinski definition) is 1. The number of nitrogens with one attached hydrogen (secondary N) is 1. The molecule has 1 N–H and O–H groups in total. The topological polar surface area (TPSA) is 66.4 Å². The van der Waals surface area contributed by atoms with Crippen LogP contribution in [0, 0.1) is 0 Å². The summed E-state index contributed by atoms with van der Waals surface area (Å²) < 4.78 is 11.3. The zero-order valence-electron chi connectivity index (χ0n) is 19.0. The molecule has 0 spiro atoms. The van der Waals surface area contributed by atoms with Gasteiger partial charge in [0.05, 0.1) is 6.54 Å². The zero-order chi connectivity index (χ0) is 22.3. The summed E-state index contributed by atoms with van der Waals surface area (Å²) in [5, 5.41) is 3.38. The number of hydrogen-bond acceptors (Lipinski definition) is 4. The molecule has 0 atom stereocenters. The van der Waals surface area contributed by atoms with Gasteiger partial charge in [0.25, 0.3) is 0 Å². The standard InChI is InChI=1S/C25H32N4O3/c1-3-26-25(28(2)17-21-9-10-22-23(15-21)32-13-12-31-22)27-16-19-6-4-7-20(14-19)18-29-11-5-8-24(29)30/h4,6-7,9-10,14-15H,3,5,8,11-13,16-18H2,1-2H3,(H,26,27). The van der Waals surface area contributed by atoms with Crippen LogP contribution in [0.5, 0.6) is 11.5 Å². The monoisotopic (exact) mass is 436 g/mol. The maximum absolute atomic E-state index is 11.9. The molecule has 2 aliphatic heterocycles. The van der Waals surface area contributed by atoms with Crippen molar-refractivity contribution in [3.63, 3.8) is 0 Å². The molecule has 32 heavy (non-hydrogen) atoms. The summed E-state index contributed by atoms with van der Waals surface area (Å²) in [5.74, 6) is 2.71. The molecule has 2 heterocycles. The molecule has 2 aliphatic rings. The molecule has 1 amide bonds. The van der Waals surface area contributed by atoms with Gasteiger partial charge >= 0.3 is 0 Å². The van der Waals surface area contributed by atoms with Crippen molar-refractivity contribution < 1.29 is 14.3 Å². The number of aliphatic imine (C=N–C) groups is 1. The van der Waals surface area contributed by atoms with Gasteiger partial charge in [-0.15, -0.1) is 0 Å². The summed E-state index contributed by atoms with van der Waals surface area (Å²) in [5.41, 5.74) is 3.43. The van der Waals surface area contributed by atoms with E-state index in [-0.39, 0.29) is 5.91 Å². The van der Waals surface area contributed by atoms with Gasteiger partial charge < -0.3 is 24.6 Å². The Morgan fingerprint density at radius 2 is 1.91 bits per heavy atom. The van der Waals surface area contributed by atoms with Crippen LogP contribution in [-0.4, -0.2) is 55.0 Å². The first-order valence-corrected chi connectivity index (χ1v) is 11.4. The molecule has 0 aliphatic carbocycles. The van der Waals surface area contributed by atoms with Crippen LogP contribution in [-0.2, 0) is 24.4 Å². The van der Waals surface area contributed by atoms with Gasteiger partial charge in [-0.25, -0.2) is 4.99 Å². The fraction of sp³-hybridized carbons (Fsp3) is 0.440. The van der Waals surface area contributed by atoms with Crippen LogP contribution in [0.2, 0.25) is 0 Å². The van der Waals surface area contributed by atoms with E-state index in [0.717, 1.165) is 53.7 Å². The van der Waals surface area contributed by atoms with Gasteiger partial charge in [-0.3, -0.25) is 4.79 Å². The number of amides is 1. The summed E-state index contributed by atoms with van der Waals surface area (Å²) in [6.45, 7) is 6.87.